The molecule has 1 rings (SSSR count). The zero-order valence-corrected chi connectivity index (χ0v) is 8.18. The van der Waals surface area contributed by atoms with Crippen LogP contribution in [0.3, 0.4) is 0 Å². The lowest BCUT2D eigenvalue weighted by Crippen LogP contribution is -2.20. The molecule has 6 heteroatoms. The van der Waals surface area contributed by atoms with E-state index in [1.54, 1.807) is 14.0 Å². The highest BCUT2D eigenvalue weighted by Gasteiger charge is 2.20. The number of aryl methyl sites for hydroxylation is 1. The number of nitrogens with two attached hydrogens (primary N) is 1. The number of rotatable bonds is 3. The summed E-state index contributed by atoms with van der Waals surface area (Å²) in [7, 11) is 1.73. The average Bonchev–Trinajstić information content (AvgIpc) is 2.45. The first kappa shape index (κ1) is 9.94. The van der Waals surface area contributed by atoms with Gasteiger partial charge in [-0.1, -0.05) is 11.3 Å². The molecule has 1 atom stereocenters. The van der Waals surface area contributed by atoms with Gasteiger partial charge in [-0.05, 0) is 6.92 Å². The van der Waals surface area contributed by atoms with E-state index in [0.717, 1.165) is 0 Å². The van der Waals surface area contributed by atoms with Crippen LogP contribution in [0, 0.1) is 6.92 Å². The van der Waals surface area contributed by atoms with Crippen LogP contribution in [-0.2, 0) is 4.79 Å². The Kier molecular flexibility index (Phi) is 2.84. The molecule has 0 spiro atoms. The molecule has 0 amide bonds. The number of nitrogens with one attached hydrogen (secondary N) is 1. The standard InChI is InChI=1S/C7H11N3O2S/c1-3-5(4(8)6(11)12)13-7(9-2)10-3/h4H,8H2,1-2H3,(H,9,10)(H,11,12). The summed E-state index contributed by atoms with van der Waals surface area (Å²) in [6, 6.07) is -0.973. The van der Waals surface area contributed by atoms with Crippen molar-refractivity contribution >= 4 is 22.4 Å². The number of aliphatic carboxylic acids is 1. The maximum Gasteiger partial charge on any atom is 0.326 e. The van der Waals surface area contributed by atoms with Crippen molar-refractivity contribution in [1.82, 2.24) is 4.98 Å². The number of carboxylic acids is 1. The Hall–Kier alpha value is -1.14. The van der Waals surface area contributed by atoms with Gasteiger partial charge in [-0.25, -0.2) is 4.98 Å². The molecule has 0 aliphatic carbocycles. The molecule has 1 heterocycles. The molecule has 0 saturated carbocycles. The fourth-order valence-corrected chi connectivity index (χ4v) is 1.83. The lowest BCUT2D eigenvalue weighted by Gasteiger charge is -2.02. The van der Waals surface area contributed by atoms with Gasteiger partial charge in [-0.2, -0.15) is 0 Å². The molecule has 13 heavy (non-hydrogen) atoms. The van der Waals surface area contributed by atoms with Gasteiger partial charge < -0.3 is 16.2 Å². The Morgan fingerprint density at radius 3 is 2.77 bits per heavy atom. The summed E-state index contributed by atoms with van der Waals surface area (Å²) in [4.78, 5) is 15.3. The molecule has 4 N–H and O–H groups in total. The van der Waals surface area contributed by atoms with Gasteiger partial charge in [-0.15, -0.1) is 0 Å². The van der Waals surface area contributed by atoms with Crippen LogP contribution in [-0.4, -0.2) is 23.1 Å². The zero-order chi connectivity index (χ0) is 10.0. The van der Waals surface area contributed by atoms with Crippen LogP contribution in [0.4, 0.5) is 5.13 Å². The molecule has 0 fully saturated rings. The van der Waals surface area contributed by atoms with E-state index in [1.165, 1.54) is 11.3 Å². The number of carbonyl (C=O) groups is 1. The van der Waals surface area contributed by atoms with Gasteiger partial charge in [0.1, 0.15) is 6.04 Å². The Morgan fingerprint density at radius 2 is 2.38 bits per heavy atom. The normalized spacial score (nSPS) is 12.5. The molecule has 0 bridgehead atoms. The first-order valence-corrected chi connectivity index (χ1v) is 4.51. The van der Waals surface area contributed by atoms with E-state index in [2.05, 4.69) is 10.3 Å². The summed E-state index contributed by atoms with van der Waals surface area (Å²) in [5.74, 6) is -1.03. The molecule has 0 aliphatic heterocycles. The predicted molar refractivity (Wildman–Crippen MR) is 51.0 cm³/mol. The molecule has 5 nitrogen and oxygen atoms in total. The molecule has 72 valence electrons. The van der Waals surface area contributed by atoms with E-state index in [0.29, 0.717) is 15.7 Å². The van der Waals surface area contributed by atoms with Crippen LogP contribution in [0.15, 0.2) is 0 Å². The highest BCUT2D eigenvalue weighted by molar-refractivity contribution is 7.15. The molecule has 0 saturated heterocycles. The smallest absolute Gasteiger partial charge is 0.326 e. The van der Waals surface area contributed by atoms with Crippen LogP contribution < -0.4 is 11.1 Å². The van der Waals surface area contributed by atoms with Crippen molar-refractivity contribution in [2.24, 2.45) is 5.73 Å². The summed E-state index contributed by atoms with van der Waals surface area (Å²) in [6.45, 7) is 1.75. The number of hydrogen-bond donors (Lipinski definition) is 3. The zero-order valence-electron chi connectivity index (χ0n) is 7.37. The van der Waals surface area contributed by atoms with Crippen LogP contribution in [0.5, 0.6) is 0 Å². The maximum atomic E-state index is 10.6. The second-order valence-electron chi connectivity index (χ2n) is 2.53. The minimum atomic E-state index is -1.03. The summed E-state index contributed by atoms with van der Waals surface area (Å²) in [5.41, 5.74) is 6.12. The topological polar surface area (TPSA) is 88.2 Å². The molecule has 0 aliphatic rings. The summed E-state index contributed by atoms with van der Waals surface area (Å²) >= 11 is 1.27. The Morgan fingerprint density at radius 1 is 1.77 bits per heavy atom. The van der Waals surface area contributed by atoms with Crippen molar-refractivity contribution in [1.29, 1.82) is 0 Å². The molecule has 0 radical (unpaired) electrons. The van der Waals surface area contributed by atoms with E-state index in [1.807, 2.05) is 0 Å². The van der Waals surface area contributed by atoms with E-state index in [-0.39, 0.29) is 0 Å². The molecular formula is C7H11N3O2S. The van der Waals surface area contributed by atoms with E-state index < -0.39 is 12.0 Å². The lowest BCUT2D eigenvalue weighted by molar-refractivity contribution is -0.138. The van der Waals surface area contributed by atoms with Gasteiger partial charge in [0.25, 0.3) is 0 Å². The highest BCUT2D eigenvalue weighted by Crippen LogP contribution is 2.26. The average molecular weight is 201 g/mol. The number of aromatic nitrogens is 1. The number of anilines is 1. The number of carboxylic acid groups (broad SMARTS) is 1. The second kappa shape index (κ2) is 3.71. The van der Waals surface area contributed by atoms with Crippen LogP contribution in [0.25, 0.3) is 0 Å². The minimum Gasteiger partial charge on any atom is -0.480 e. The first-order valence-electron chi connectivity index (χ1n) is 3.69. The van der Waals surface area contributed by atoms with Gasteiger partial charge in [0, 0.05) is 7.05 Å². The van der Waals surface area contributed by atoms with E-state index in [4.69, 9.17) is 10.8 Å². The second-order valence-corrected chi connectivity index (χ2v) is 3.57. The summed E-state index contributed by atoms with van der Waals surface area (Å²) in [5, 5.41) is 12.2. The van der Waals surface area contributed by atoms with Crippen LogP contribution in [0.1, 0.15) is 16.6 Å². The van der Waals surface area contributed by atoms with Gasteiger partial charge in [0.2, 0.25) is 0 Å². The van der Waals surface area contributed by atoms with Crippen molar-refractivity contribution in [2.75, 3.05) is 12.4 Å². The van der Waals surface area contributed by atoms with E-state index >= 15 is 0 Å². The maximum absolute atomic E-state index is 10.6. The molecule has 1 unspecified atom stereocenters. The molecule has 1 aromatic rings. The fraction of sp³-hybridized carbons (Fsp3) is 0.429. The van der Waals surface area contributed by atoms with Crippen molar-refractivity contribution in [3.05, 3.63) is 10.6 Å². The van der Waals surface area contributed by atoms with Crippen molar-refractivity contribution in [3.8, 4) is 0 Å². The molecular weight excluding hydrogens is 190 g/mol. The third-order valence-electron chi connectivity index (χ3n) is 1.59. The number of thiazole rings is 1. The predicted octanol–water partition coefficient (Wildman–Crippen LogP) is 0.578. The van der Waals surface area contributed by atoms with E-state index in [9.17, 15) is 4.79 Å². The van der Waals surface area contributed by atoms with Gasteiger partial charge in [0.15, 0.2) is 5.13 Å². The lowest BCUT2D eigenvalue weighted by atomic mass is 10.2. The molecule has 1 aromatic heterocycles. The molecule has 0 aromatic carbocycles. The first-order chi connectivity index (χ1) is 6.06. The van der Waals surface area contributed by atoms with Crippen molar-refractivity contribution < 1.29 is 9.90 Å². The Labute approximate surface area is 79.6 Å². The fourth-order valence-electron chi connectivity index (χ4n) is 0.916. The Balaban J connectivity index is 3.00. The SMILES string of the molecule is CNc1nc(C)c(C(N)C(=O)O)s1. The van der Waals surface area contributed by atoms with Crippen LogP contribution >= 0.6 is 11.3 Å². The third kappa shape index (κ3) is 1.96. The van der Waals surface area contributed by atoms with Crippen LogP contribution in [0.2, 0.25) is 0 Å². The Bertz CT molecular complexity index is 324. The number of nitrogens with zero attached hydrogens (tertiary/aromatic N) is 1. The van der Waals surface area contributed by atoms with Crippen molar-refractivity contribution in [2.45, 2.75) is 13.0 Å². The quantitative estimate of drug-likeness (QED) is 0.665. The number of hydrogen-bond acceptors (Lipinski definition) is 5. The van der Waals surface area contributed by atoms with Gasteiger partial charge in [0.05, 0.1) is 10.6 Å². The van der Waals surface area contributed by atoms with Gasteiger partial charge in [-0.3, -0.25) is 4.79 Å². The monoisotopic (exact) mass is 201 g/mol. The largest absolute Gasteiger partial charge is 0.480 e. The van der Waals surface area contributed by atoms with Gasteiger partial charge >= 0.3 is 5.97 Å². The summed E-state index contributed by atoms with van der Waals surface area (Å²) in [6.07, 6.45) is 0. The summed E-state index contributed by atoms with van der Waals surface area (Å²) < 4.78 is 0. The van der Waals surface area contributed by atoms with Crippen molar-refractivity contribution in [3.63, 3.8) is 0 Å². The minimum absolute atomic E-state index is 0.594. The third-order valence-corrected chi connectivity index (χ3v) is 2.85. The highest BCUT2D eigenvalue weighted by atomic mass is 32.1.